The molecule has 1 aromatic heterocycles. The number of aromatic amines is 1. The number of aliphatic hydroxyl groups is 1. The quantitative estimate of drug-likeness (QED) is 0.227. The van der Waals surface area contributed by atoms with E-state index in [-0.39, 0.29) is 36.0 Å². The number of rotatable bonds is 10. The van der Waals surface area contributed by atoms with E-state index in [1.165, 1.54) is 0 Å². The van der Waals surface area contributed by atoms with Crippen molar-refractivity contribution < 1.29 is 5.11 Å². The van der Waals surface area contributed by atoms with Crippen molar-refractivity contribution in [2.24, 2.45) is 10.4 Å². The summed E-state index contributed by atoms with van der Waals surface area (Å²) in [4.78, 5) is 12.4. The molecule has 0 bridgehead atoms. The Morgan fingerprint density at radius 1 is 1.14 bits per heavy atom. The Kier molecular flexibility index (Phi) is 11.1. The predicted molar refractivity (Wildman–Crippen MR) is 127 cm³/mol. The van der Waals surface area contributed by atoms with Gasteiger partial charge in [0.05, 0.1) is 11.9 Å². The second-order valence-corrected chi connectivity index (χ2v) is 6.84. The van der Waals surface area contributed by atoms with Crippen molar-refractivity contribution in [1.82, 2.24) is 20.6 Å². The van der Waals surface area contributed by atoms with Crippen molar-refractivity contribution in [3.05, 3.63) is 42.4 Å². The number of nitrogens with one attached hydrogen (secondary N) is 3. The van der Waals surface area contributed by atoms with Crippen LogP contribution >= 0.6 is 24.0 Å². The molecule has 0 amide bonds. The van der Waals surface area contributed by atoms with Crippen molar-refractivity contribution in [2.45, 2.75) is 46.6 Å². The van der Waals surface area contributed by atoms with E-state index in [1.807, 2.05) is 24.4 Å². The lowest BCUT2D eigenvalue weighted by atomic mass is 9.79. The molecule has 0 unspecified atom stereocenters. The lowest BCUT2D eigenvalue weighted by molar-refractivity contribution is 0.169. The van der Waals surface area contributed by atoms with Gasteiger partial charge in [0, 0.05) is 19.7 Å². The molecule has 2 aromatic rings. The van der Waals surface area contributed by atoms with Crippen LogP contribution in [0.2, 0.25) is 0 Å². The van der Waals surface area contributed by atoms with Gasteiger partial charge in [-0.05, 0) is 37.2 Å². The predicted octanol–water partition coefficient (Wildman–Crippen LogP) is 3.94. The van der Waals surface area contributed by atoms with E-state index < -0.39 is 0 Å². The number of guanidine groups is 1. The fraction of sp³-hybridized carbons (Fsp3) is 0.524. The first-order valence-corrected chi connectivity index (χ1v) is 9.88. The number of aliphatic hydroxyl groups excluding tert-OH is 1. The molecule has 0 radical (unpaired) electrons. The van der Waals surface area contributed by atoms with Gasteiger partial charge in [-0.25, -0.2) is 9.98 Å². The molecule has 6 nitrogen and oxygen atoms in total. The number of benzene rings is 1. The maximum Gasteiger partial charge on any atom is 0.191 e. The number of hydrogen-bond acceptors (Lipinski definition) is 3. The third kappa shape index (κ3) is 7.09. The van der Waals surface area contributed by atoms with Gasteiger partial charge in [-0.15, -0.1) is 24.0 Å². The molecule has 1 heterocycles. The Bertz CT molecular complexity index is 698. The normalized spacial score (nSPS) is 11.8. The summed E-state index contributed by atoms with van der Waals surface area (Å²) in [7, 11) is 0. The largest absolute Gasteiger partial charge is 0.396 e. The Hall–Kier alpha value is -1.61. The fourth-order valence-corrected chi connectivity index (χ4v) is 3.15. The summed E-state index contributed by atoms with van der Waals surface area (Å²) in [5, 5.41) is 16.1. The molecule has 0 spiro atoms. The van der Waals surface area contributed by atoms with E-state index in [0.29, 0.717) is 6.54 Å². The summed E-state index contributed by atoms with van der Waals surface area (Å²) in [5.74, 6) is 1.61. The third-order valence-electron chi connectivity index (χ3n) is 5.22. The summed E-state index contributed by atoms with van der Waals surface area (Å²) in [6.07, 6.45) is 4.69. The Morgan fingerprint density at radius 2 is 1.86 bits per heavy atom. The minimum absolute atomic E-state index is 0. The Balaban J connectivity index is 0.00000392. The highest BCUT2D eigenvalue weighted by molar-refractivity contribution is 14.0. The van der Waals surface area contributed by atoms with Gasteiger partial charge in [-0.2, -0.15) is 0 Å². The summed E-state index contributed by atoms with van der Waals surface area (Å²) >= 11 is 0. The maximum atomic E-state index is 9.39. The lowest BCUT2D eigenvalue weighted by Gasteiger charge is -2.32. The number of H-pyrrole nitrogens is 1. The third-order valence-corrected chi connectivity index (χ3v) is 5.22. The smallest absolute Gasteiger partial charge is 0.191 e. The molecule has 7 heteroatoms. The second-order valence-electron chi connectivity index (χ2n) is 6.84. The van der Waals surface area contributed by atoms with Crippen LogP contribution in [-0.2, 0) is 6.54 Å². The molecule has 1 aromatic carbocycles. The van der Waals surface area contributed by atoms with Crippen LogP contribution in [0, 0.1) is 5.41 Å². The molecule has 156 valence electrons. The zero-order valence-corrected chi connectivity index (χ0v) is 19.5. The van der Waals surface area contributed by atoms with Crippen LogP contribution < -0.4 is 10.6 Å². The molecule has 0 aliphatic carbocycles. The molecule has 2 rings (SSSR count). The summed E-state index contributed by atoms with van der Waals surface area (Å²) < 4.78 is 0. The number of hydrogen-bond donors (Lipinski definition) is 4. The van der Waals surface area contributed by atoms with Gasteiger partial charge < -0.3 is 20.7 Å². The Morgan fingerprint density at radius 3 is 2.46 bits per heavy atom. The highest BCUT2D eigenvalue weighted by Gasteiger charge is 2.25. The van der Waals surface area contributed by atoms with E-state index in [2.05, 4.69) is 58.5 Å². The molecular weight excluding hydrogens is 465 g/mol. The van der Waals surface area contributed by atoms with Crippen LogP contribution in [-0.4, -0.2) is 40.7 Å². The second kappa shape index (κ2) is 12.8. The van der Waals surface area contributed by atoms with Gasteiger partial charge in [0.1, 0.15) is 12.4 Å². The first kappa shape index (κ1) is 24.4. The number of halogens is 1. The minimum atomic E-state index is 0. The average molecular weight is 499 g/mol. The molecule has 0 atom stereocenters. The lowest BCUT2D eigenvalue weighted by Crippen LogP contribution is -2.43. The van der Waals surface area contributed by atoms with Crippen molar-refractivity contribution in [3.8, 4) is 11.3 Å². The average Bonchev–Trinajstić information content (AvgIpc) is 3.19. The van der Waals surface area contributed by atoms with Gasteiger partial charge in [0.2, 0.25) is 0 Å². The van der Waals surface area contributed by atoms with Gasteiger partial charge in [-0.1, -0.05) is 44.2 Å². The maximum absolute atomic E-state index is 9.39. The van der Waals surface area contributed by atoms with E-state index in [0.717, 1.165) is 55.4 Å². The molecule has 0 aliphatic heterocycles. The molecule has 28 heavy (non-hydrogen) atoms. The molecular formula is C21H34IN5O. The summed E-state index contributed by atoms with van der Waals surface area (Å²) in [6.45, 7) is 8.69. The van der Waals surface area contributed by atoms with E-state index in [1.54, 1.807) is 0 Å². The number of imidazole rings is 1. The van der Waals surface area contributed by atoms with Crippen molar-refractivity contribution in [3.63, 3.8) is 0 Å². The zero-order chi connectivity index (χ0) is 19.5. The van der Waals surface area contributed by atoms with Gasteiger partial charge in [0.25, 0.3) is 0 Å². The molecule has 0 aliphatic rings. The standard InChI is InChI=1S/C21H33N5O.HI/c1-4-21(5-2,12-13-27)16-25-20(22-6-3)24-15-19-23-14-18(26-19)17-10-8-7-9-11-17;/h7-11,14,27H,4-6,12-13,15-16H2,1-3H3,(H,23,26)(H2,22,24,25);1H. The van der Waals surface area contributed by atoms with Crippen LogP contribution in [0.5, 0.6) is 0 Å². The highest BCUT2D eigenvalue weighted by atomic mass is 127. The van der Waals surface area contributed by atoms with E-state index in [4.69, 9.17) is 0 Å². The van der Waals surface area contributed by atoms with Gasteiger partial charge in [0.15, 0.2) is 5.96 Å². The van der Waals surface area contributed by atoms with E-state index in [9.17, 15) is 5.11 Å². The van der Waals surface area contributed by atoms with Crippen LogP contribution in [0.25, 0.3) is 11.3 Å². The highest BCUT2D eigenvalue weighted by Crippen LogP contribution is 2.29. The van der Waals surface area contributed by atoms with Gasteiger partial charge in [-0.3, -0.25) is 0 Å². The monoisotopic (exact) mass is 499 g/mol. The number of aromatic nitrogens is 2. The molecule has 0 fully saturated rings. The molecule has 0 saturated heterocycles. The summed E-state index contributed by atoms with van der Waals surface area (Å²) in [6, 6.07) is 10.1. The zero-order valence-electron chi connectivity index (χ0n) is 17.2. The minimum Gasteiger partial charge on any atom is -0.396 e. The van der Waals surface area contributed by atoms with Crippen LogP contribution in [0.3, 0.4) is 0 Å². The van der Waals surface area contributed by atoms with Crippen molar-refractivity contribution in [2.75, 3.05) is 19.7 Å². The van der Waals surface area contributed by atoms with Crippen LogP contribution in [0.4, 0.5) is 0 Å². The van der Waals surface area contributed by atoms with Crippen LogP contribution in [0.1, 0.15) is 45.9 Å². The molecule has 4 N–H and O–H groups in total. The van der Waals surface area contributed by atoms with Crippen molar-refractivity contribution >= 4 is 29.9 Å². The summed E-state index contributed by atoms with van der Waals surface area (Å²) in [5.41, 5.74) is 2.21. The van der Waals surface area contributed by atoms with Gasteiger partial charge >= 0.3 is 0 Å². The topological polar surface area (TPSA) is 85.3 Å². The van der Waals surface area contributed by atoms with E-state index >= 15 is 0 Å². The fourth-order valence-electron chi connectivity index (χ4n) is 3.15. The number of aliphatic imine (C=N–C) groups is 1. The molecule has 0 saturated carbocycles. The first-order valence-electron chi connectivity index (χ1n) is 9.88. The Labute approximate surface area is 185 Å². The van der Waals surface area contributed by atoms with Crippen LogP contribution in [0.15, 0.2) is 41.5 Å². The first-order chi connectivity index (χ1) is 13.2. The SMILES string of the molecule is CCNC(=NCc1ncc(-c2ccccc2)[nH]1)NCC(CC)(CC)CCO.I. The number of nitrogens with zero attached hydrogens (tertiary/aromatic N) is 2. The van der Waals surface area contributed by atoms with Crippen molar-refractivity contribution in [1.29, 1.82) is 0 Å².